The SMILES string of the molecule is CC1CN([C@H]2CC3OP(=O)(O)OCC3O2)C(=O)NC1=O. The number of carbonyl (C=O) groups excluding carboxylic acids is 2. The Morgan fingerprint density at radius 1 is 1.40 bits per heavy atom. The van der Waals surface area contributed by atoms with Crippen molar-refractivity contribution in [3.8, 4) is 0 Å². The van der Waals surface area contributed by atoms with E-state index in [4.69, 9.17) is 9.26 Å². The van der Waals surface area contributed by atoms with E-state index in [1.54, 1.807) is 6.92 Å². The molecule has 20 heavy (non-hydrogen) atoms. The van der Waals surface area contributed by atoms with E-state index in [0.717, 1.165) is 0 Å². The number of phosphoric ester groups is 1. The summed E-state index contributed by atoms with van der Waals surface area (Å²) < 4.78 is 26.6. The first kappa shape index (κ1) is 14.0. The number of amides is 3. The molecular weight excluding hydrogens is 291 g/mol. The Balaban J connectivity index is 1.69. The number of imide groups is 1. The third kappa shape index (κ3) is 2.47. The van der Waals surface area contributed by atoms with Crippen molar-refractivity contribution < 1.29 is 32.8 Å². The number of nitrogens with zero attached hydrogens (tertiary/aromatic N) is 1. The van der Waals surface area contributed by atoms with Gasteiger partial charge in [0.2, 0.25) is 5.91 Å². The van der Waals surface area contributed by atoms with Crippen molar-refractivity contribution in [1.29, 1.82) is 0 Å². The number of hydrogen-bond acceptors (Lipinski definition) is 6. The molecule has 3 amide bonds. The van der Waals surface area contributed by atoms with E-state index in [-0.39, 0.29) is 31.4 Å². The molecule has 0 saturated carbocycles. The molecule has 0 bridgehead atoms. The molecule has 0 radical (unpaired) electrons. The zero-order valence-electron chi connectivity index (χ0n) is 10.7. The highest BCUT2D eigenvalue weighted by atomic mass is 31.2. The molecule has 10 heteroatoms. The fourth-order valence-electron chi connectivity index (χ4n) is 2.53. The number of carbonyl (C=O) groups is 2. The minimum absolute atomic E-state index is 0.0567. The van der Waals surface area contributed by atoms with Crippen molar-refractivity contribution in [3.63, 3.8) is 0 Å². The Labute approximate surface area is 114 Å². The van der Waals surface area contributed by atoms with Crippen LogP contribution in [0.4, 0.5) is 4.79 Å². The average Bonchev–Trinajstić information content (AvgIpc) is 2.74. The molecule has 3 saturated heterocycles. The van der Waals surface area contributed by atoms with Gasteiger partial charge in [-0.25, -0.2) is 9.36 Å². The number of rotatable bonds is 1. The molecule has 3 aliphatic heterocycles. The Hall–Kier alpha value is -0.990. The maximum atomic E-state index is 11.8. The van der Waals surface area contributed by atoms with Gasteiger partial charge in [-0.15, -0.1) is 0 Å². The molecule has 0 aliphatic carbocycles. The quantitative estimate of drug-likeness (QED) is 0.645. The predicted octanol–water partition coefficient (Wildman–Crippen LogP) is -0.195. The third-order valence-corrected chi connectivity index (χ3v) is 4.62. The second-order valence-corrected chi connectivity index (χ2v) is 6.53. The molecular formula is C10H15N2O7P. The maximum Gasteiger partial charge on any atom is 0.472 e. The number of nitrogens with one attached hydrogen (secondary N) is 1. The van der Waals surface area contributed by atoms with Crippen LogP contribution in [0.15, 0.2) is 0 Å². The Morgan fingerprint density at radius 3 is 2.90 bits per heavy atom. The molecule has 3 heterocycles. The molecule has 2 N–H and O–H groups in total. The fourth-order valence-corrected chi connectivity index (χ4v) is 3.49. The Kier molecular flexibility index (Phi) is 3.34. The maximum absolute atomic E-state index is 11.8. The molecule has 0 spiro atoms. The van der Waals surface area contributed by atoms with E-state index in [0.29, 0.717) is 0 Å². The van der Waals surface area contributed by atoms with Crippen LogP contribution in [0.5, 0.6) is 0 Å². The first-order valence-corrected chi connectivity index (χ1v) is 7.78. The van der Waals surface area contributed by atoms with Crippen LogP contribution in [0.25, 0.3) is 0 Å². The first-order valence-electron chi connectivity index (χ1n) is 6.28. The molecule has 4 unspecified atom stereocenters. The molecule has 3 aliphatic rings. The lowest BCUT2D eigenvalue weighted by atomic mass is 10.1. The van der Waals surface area contributed by atoms with Gasteiger partial charge in [0.1, 0.15) is 18.4 Å². The van der Waals surface area contributed by atoms with Gasteiger partial charge in [0.25, 0.3) is 0 Å². The van der Waals surface area contributed by atoms with Crippen LogP contribution >= 0.6 is 7.82 Å². The van der Waals surface area contributed by atoms with Crippen LogP contribution in [0.3, 0.4) is 0 Å². The highest BCUT2D eigenvalue weighted by Crippen LogP contribution is 2.51. The summed E-state index contributed by atoms with van der Waals surface area (Å²) in [6, 6.07) is -0.523. The van der Waals surface area contributed by atoms with Crippen LogP contribution in [0.2, 0.25) is 0 Å². The second-order valence-electron chi connectivity index (χ2n) is 5.12. The summed E-state index contributed by atoms with van der Waals surface area (Å²) in [5, 5.41) is 2.25. The predicted molar refractivity (Wildman–Crippen MR) is 63.3 cm³/mol. The number of urea groups is 1. The zero-order valence-corrected chi connectivity index (χ0v) is 11.6. The van der Waals surface area contributed by atoms with E-state index in [1.807, 2.05) is 0 Å². The lowest BCUT2D eigenvalue weighted by Crippen LogP contribution is -2.57. The summed E-state index contributed by atoms with van der Waals surface area (Å²) in [6.07, 6.45) is -1.41. The zero-order chi connectivity index (χ0) is 14.5. The van der Waals surface area contributed by atoms with Gasteiger partial charge in [0.05, 0.1) is 12.5 Å². The molecule has 5 atom stereocenters. The summed E-state index contributed by atoms with van der Waals surface area (Å²) in [6.45, 7) is 1.89. The summed E-state index contributed by atoms with van der Waals surface area (Å²) >= 11 is 0. The van der Waals surface area contributed by atoms with E-state index < -0.39 is 32.3 Å². The first-order chi connectivity index (χ1) is 9.35. The summed E-state index contributed by atoms with van der Waals surface area (Å²) in [4.78, 5) is 33.9. The lowest BCUT2D eigenvalue weighted by molar-refractivity contribution is -0.129. The average molecular weight is 306 g/mol. The van der Waals surface area contributed by atoms with Crippen molar-refractivity contribution in [2.45, 2.75) is 31.8 Å². The summed E-state index contributed by atoms with van der Waals surface area (Å²) in [5.41, 5.74) is 0. The summed E-state index contributed by atoms with van der Waals surface area (Å²) in [5.74, 6) is -0.652. The molecule has 0 aromatic heterocycles. The van der Waals surface area contributed by atoms with Gasteiger partial charge in [0.15, 0.2) is 0 Å². The molecule has 0 aromatic rings. The van der Waals surface area contributed by atoms with E-state index in [1.165, 1.54) is 4.90 Å². The van der Waals surface area contributed by atoms with Crippen molar-refractivity contribution in [3.05, 3.63) is 0 Å². The Morgan fingerprint density at radius 2 is 2.15 bits per heavy atom. The minimum atomic E-state index is -4.01. The van der Waals surface area contributed by atoms with E-state index in [9.17, 15) is 19.0 Å². The molecule has 9 nitrogen and oxygen atoms in total. The normalized spacial score (nSPS) is 45.2. The van der Waals surface area contributed by atoms with Gasteiger partial charge in [0, 0.05) is 13.0 Å². The van der Waals surface area contributed by atoms with Crippen molar-refractivity contribution in [1.82, 2.24) is 10.2 Å². The molecule has 3 rings (SSSR count). The molecule has 112 valence electrons. The van der Waals surface area contributed by atoms with Crippen LogP contribution in [0, 0.1) is 5.92 Å². The Bertz CT molecular complexity index is 498. The van der Waals surface area contributed by atoms with E-state index in [2.05, 4.69) is 9.84 Å². The van der Waals surface area contributed by atoms with Gasteiger partial charge in [-0.05, 0) is 0 Å². The van der Waals surface area contributed by atoms with Crippen molar-refractivity contribution >= 4 is 19.8 Å². The highest BCUT2D eigenvalue weighted by molar-refractivity contribution is 7.47. The third-order valence-electron chi connectivity index (χ3n) is 3.61. The molecule has 3 fully saturated rings. The van der Waals surface area contributed by atoms with Crippen LogP contribution < -0.4 is 5.32 Å². The fraction of sp³-hybridized carbons (Fsp3) is 0.800. The van der Waals surface area contributed by atoms with Gasteiger partial charge in [-0.1, -0.05) is 6.92 Å². The van der Waals surface area contributed by atoms with Crippen LogP contribution in [-0.4, -0.2) is 53.3 Å². The van der Waals surface area contributed by atoms with Gasteiger partial charge in [-0.3, -0.25) is 24.1 Å². The minimum Gasteiger partial charge on any atom is -0.350 e. The monoisotopic (exact) mass is 306 g/mol. The second kappa shape index (κ2) is 4.78. The van der Waals surface area contributed by atoms with Gasteiger partial charge >= 0.3 is 13.9 Å². The van der Waals surface area contributed by atoms with Crippen LogP contribution in [-0.2, 0) is 23.1 Å². The number of fused-ring (bicyclic) bond motifs is 1. The van der Waals surface area contributed by atoms with E-state index >= 15 is 0 Å². The largest absolute Gasteiger partial charge is 0.472 e. The van der Waals surface area contributed by atoms with Crippen molar-refractivity contribution in [2.24, 2.45) is 5.92 Å². The smallest absolute Gasteiger partial charge is 0.350 e. The molecule has 0 aromatic carbocycles. The van der Waals surface area contributed by atoms with Gasteiger partial charge in [-0.2, -0.15) is 0 Å². The number of ether oxygens (including phenoxy) is 1. The lowest BCUT2D eigenvalue weighted by Gasteiger charge is -2.34. The van der Waals surface area contributed by atoms with Crippen molar-refractivity contribution in [2.75, 3.05) is 13.2 Å². The highest BCUT2D eigenvalue weighted by Gasteiger charge is 2.49. The van der Waals surface area contributed by atoms with Gasteiger partial charge < -0.3 is 9.63 Å². The standard InChI is InChI=1S/C10H15N2O7P/c1-5-3-12(10(14)11-9(5)13)8-2-6-7(18-8)4-17-20(15,16)19-6/h5-8H,2-4H2,1H3,(H,15,16)(H,11,13,14)/t5?,6?,7?,8-/m1/s1. The van der Waals surface area contributed by atoms with Crippen LogP contribution in [0.1, 0.15) is 13.3 Å². The number of hydrogen-bond donors (Lipinski definition) is 2. The topological polar surface area (TPSA) is 114 Å². The summed E-state index contributed by atoms with van der Waals surface area (Å²) in [7, 11) is -4.01. The number of phosphoric acid groups is 1.